The number of hydrogen-bond acceptors (Lipinski definition) is 4. The van der Waals surface area contributed by atoms with Gasteiger partial charge in [0.1, 0.15) is 11.6 Å². The summed E-state index contributed by atoms with van der Waals surface area (Å²) in [6, 6.07) is 14.0. The first kappa shape index (κ1) is 21.9. The zero-order valence-electron chi connectivity index (χ0n) is 16.6. The molecule has 0 bridgehead atoms. The van der Waals surface area contributed by atoms with E-state index in [0.717, 1.165) is 6.07 Å². The van der Waals surface area contributed by atoms with Gasteiger partial charge >= 0.3 is 6.18 Å². The van der Waals surface area contributed by atoms with E-state index in [2.05, 4.69) is 10.6 Å². The average molecular weight is 458 g/mol. The topological polar surface area (TPSA) is 84.5 Å². The highest BCUT2D eigenvalue weighted by atomic mass is 19.4. The van der Waals surface area contributed by atoms with E-state index in [0.29, 0.717) is 6.07 Å². The molecule has 0 radical (unpaired) electrons. The first-order valence-electron chi connectivity index (χ1n) is 9.44. The monoisotopic (exact) mass is 458 g/mol. The van der Waals surface area contributed by atoms with E-state index >= 15 is 0 Å². The van der Waals surface area contributed by atoms with Crippen LogP contribution in [0.15, 0.2) is 81.8 Å². The minimum absolute atomic E-state index is 0.0466. The molecule has 2 aromatic carbocycles. The molecule has 0 spiro atoms. The Morgan fingerprint density at radius 3 is 2.27 bits per heavy atom. The summed E-state index contributed by atoms with van der Waals surface area (Å²) >= 11 is 0. The fraction of sp³-hybridized carbons (Fsp3) is 0.0435. The van der Waals surface area contributed by atoms with Crippen molar-refractivity contribution in [2.75, 3.05) is 10.6 Å². The summed E-state index contributed by atoms with van der Waals surface area (Å²) in [4.78, 5) is 24.5. The summed E-state index contributed by atoms with van der Waals surface area (Å²) in [5, 5.41) is 4.44. The Kier molecular flexibility index (Phi) is 5.74. The maximum atomic E-state index is 13.9. The van der Waals surface area contributed by atoms with Gasteiger partial charge in [0, 0.05) is 5.69 Å². The summed E-state index contributed by atoms with van der Waals surface area (Å²) in [6.07, 6.45) is -3.59. The SMILES string of the molecule is O=C(Nc1ccc(NC(=O)c2ccc(-c3ccccc3F)o2)c(C(F)(F)F)c1)c1ccco1. The van der Waals surface area contributed by atoms with Crippen molar-refractivity contribution < 1.29 is 36.0 Å². The van der Waals surface area contributed by atoms with Crippen molar-refractivity contribution in [1.82, 2.24) is 0 Å². The summed E-state index contributed by atoms with van der Waals surface area (Å²) in [6.45, 7) is 0. The van der Waals surface area contributed by atoms with Gasteiger partial charge in [-0.25, -0.2) is 4.39 Å². The molecule has 2 aromatic heterocycles. The maximum absolute atomic E-state index is 13.9. The fourth-order valence-electron chi connectivity index (χ4n) is 3.02. The van der Waals surface area contributed by atoms with Gasteiger partial charge in [0.2, 0.25) is 0 Å². The number of amides is 2. The number of hydrogen-bond donors (Lipinski definition) is 2. The van der Waals surface area contributed by atoms with E-state index < -0.39 is 35.1 Å². The van der Waals surface area contributed by atoms with Gasteiger partial charge in [-0.2, -0.15) is 13.2 Å². The van der Waals surface area contributed by atoms with Gasteiger partial charge in [-0.15, -0.1) is 0 Å². The van der Waals surface area contributed by atoms with E-state index in [1.807, 2.05) is 0 Å². The average Bonchev–Trinajstić information content (AvgIpc) is 3.47. The zero-order valence-corrected chi connectivity index (χ0v) is 16.6. The van der Waals surface area contributed by atoms with Gasteiger partial charge in [-0.1, -0.05) is 12.1 Å². The van der Waals surface area contributed by atoms with Crippen molar-refractivity contribution in [3.8, 4) is 11.3 Å². The second-order valence-corrected chi connectivity index (χ2v) is 6.79. The van der Waals surface area contributed by atoms with Crippen LogP contribution in [0.2, 0.25) is 0 Å². The van der Waals surface area contributed by atoms with Crippen LogP contribution < -0.4 is 10.6 Å². The van der Waals surface area contributed by atoms with E-state index in [1.54, 1.807) is 6.07 Å². The van der Waals surface area contributed by atoms with Crippen LogP contribution in [0.1, 0.15) is 26.7 Å². The summed E-state index contributed by atoms with van der Waals surface area (Å²) in [5.74, 6) is -2.62. The summed E-state index contributed by atoms with van der Waals surface area (Å²) in [5.41, 5.74) is -1.79. The van der Waals surface area contributed by atoms with Gasteiger partial charge < -0.3 is 19.5 Å². The second-order valence-electron chi connectivity index (χ2n) is 6.79. The quantitative estimate of drug-likeness (QED) is 0.349. The normalized spacial score (nSPS) is 11.3. The molecule has 2 N–H and O–H groups in total. The number of halogens is 4. The third-order valence-corrected chi connectivity index (χ3v) is 4.55. The Balaban J connectivity index is 1.56. The molecule has 6 nitrogen and oxygen atoms in total. The lowest BCUT2D eigenvalue weighted by Gasteiger charge is -2.15. The lowest BCUT2D eigenvalue weighted by molar-refractivity contribution is -0.136. The molecule has 2 heterocycles. The number of benzene rings is 2. The Morgan fingerprint density at radius 1 is 0.818 bits per heavy atom. The smallest absolute Gasteiger partial charge is 0.418 e. The van der Waals surface area contributed by atoms with Gasteiger partial charge in [-0.05, 0) is 54.6 Å². The van der Waals surface area contributed by atoms with Crippen LogP contribution in [-0.2, 0) is 6.18 Å². The Labute approximate surface area is 183 Å². The van der Waals surface area contributed by atoms with Crippen molar-refractivity contribution in [2.45, 2.75) is 6.18 Å². The largest absolute Gasteiger partial charge is 0.459 e. The lowest BCUT2D eigenvalue weighted by atomic mass is 10.1. The molecule has 168 valence electrons. The molecule has 4 aromatic rings. The minimum Gasteiger partial charge on any atom is -0.459 e. The van der Waals surface area contributed by atoms with E-state index in [1.165, 1.54) is 54.8 Å². The summed E-state index contributed by atoms with van der Waals surface area (Å²) in [7, 11) is 0. The van der Waals surface area contributed by atoms with E-state index in [9.17, 15) is 27.2 Å². The number of furan rings is 2. The van der Waals surface area contributed by atoms with Crippen LogP contribution >= 0.6 is 0 Å². The molecule has 0 saturated heterocycles. The van der Waals surface area contributed by atoms with Gasteiger partial charge in [0.15, 0.2) is 11.5 Å². The predicted octanol–water partition coefficient (Wildman–Crippen LogP) is 6.20. The third-order valence-electron chi connectivity index (χ3n) is 4.55. The minimum atomic E-state index is -4.84. The van der Waals surface area contributed by atoms with Crippen LogP contribution in [-0.4, -0.2) is 11.8 Å². The third kappa shape index (κ3) is 4.79. The molecule has 0 atom stereocenters. The predicted molar refractivity (Wildman–Crippen MR) is 110 cm³/mol. The molecular weight excluding hydrogens is 444 g/mol. The Bertz CT molecular complexity index is 1310. The highest BCUT2D eigenvalue weighted by molar-refractivity contribution is 6.04. The van der Waals surface area contributed by atoms with Crippen molar-refractivity contribution in [3.63, 3.8) is 0 Å². The van der Waals surface area contributed by atoms with Gasteiger partial charge in [0.25, 0.3) is 11.8 Å². The standard InChI is InChI=1S/C23H14F4N2O4/c24-16-5-2-1-4-14(16)18-9-10-20(33-18)22(31)29-17-8-7-13(12-15(17)23(25,26)27)28-21(30)19-6-3-11-32-19/h1-12H,(H,28,30)(H,29,31). The van der Waals surface area contributed by atoms with E-state index in [-0.39, 0.29) is 28.5 Å². The fourth-order valence-corrected chi connectivity index (χ4v) is 3.02. The zero-order chi connectivity index (χ0) is 23.6. The van der Waals surface area contributed by atoms with Crippen LogP contribution in [0.4, 0.5) is 28.9 Å². The molecule has 0 aliphatic rings. The van der Waals surface area contributed by atoms with Gasteiger partial charge in [0.05, 0.1) is 23.1 Å². The van der Waals surface area contributed by atoms with Crippen molar-refractivity contribution >= 4 is 23.2 Å². The number of carbonyl (C=O) groups is 2. The first-order valence-corrected chi connectivity index (χ1v) is 9.44. The Hall–Kier alpha value is -4.34. The Morgan fingerprint density at radius 2 is 1.58 bits per heavy atom. The van der Waals surface area contributed by atoms with Crippen LogP contribution in [0, 0.1) is 5.82 Å². The van der Waals surface area contributed by atoms with Crippen LogP contribution in [0.25, 0.3) is 11.3 Å². The van der Waals surface area contributed by atoms with Crippen LogP contribution in [0.5, 0.6) is 0 Å². The molecule has 4 rings (SSSR count). The number of alkyl halides is 3. The molecular formula is C23H14F4N2O4. The maximum Gasteiger partial charge on any atom is 0.418 e. The van der Waals surface area contributed by atoms with Crippen molar-refractivity contribution in [1.29, 1.82) is 0 Å². The van der Waals surface area contributed by atoms with Crippen molar-refractivity contribution in [3.05, 3.63) is 95.9 Å². The molecule has 33 heavy (non-hydrogen) atoms. The van der Waals surface area contributed by atoms with Gasteiger partial charge in [-0.3, -0.25) is 9.59 Å². The number of anilines is 2. The molecule has 2 amide bonds. The molecule has 0 fully saturated rings. The number of rotatable bonds is 5. The van der Waals surface area contributed by atoms with Crippen LogP contribution in [0.3, 0.4) is 0 Å². The molecule has 0 aliphatic carbocycles. The first-order chi connectivity index (χ1) is 15.7. The molecule has 0 saturated carbocycles. The highest BCUT2D eigenvalue weighted by Crippen LogP contribution is 2.37. The molecule has 0 aliphatic heterocycles. The summed E-state index contributed by atoms with van der Waals surface area (Å²) < 4.78 is 65.0. The molecule has 0 unspecified atom stereocenters. The van der Waals surface area contributed by atoms with Crippen molar-refractivity contribution in [2.24, 2.45) is 0 Å². The number of nitrogens with one attached hydrogen (secondary N) is 2. The lowest BCUT2D eigenvalue weighted by Crippen LogP contribution is -2.17. The molecule has 10 heteroatoms. The van der Waals surface area contributed by atoms with E-state index in [4.69, 9.17) is 8.83 Å². The second kappa shape index (κ2) is 8.65. The number of carbonyl (C=O) groups excluding carboxylic acids is 2. The highest BCUT2D eigenvalue weighted by Gasteiger charge is 2.35.